The highest BCUT2D eigenvalue weighted by molar-refractivity contribution is 6.30. The molecule has 3 heteroatoms. The van der Waals surface area contributed by atoms with E-state index in [-0.39, 0.29) is 6.10 Å². The number of hydrogen-bond acceptors (Lipinski definition) is 2. The van der Waals surface area contributed by atoms with Crippen LogP contribution in [0.2, 0.25) is 5.02 Å². The summed E-state index contributed by atoms with van der Waals surface area (Å²) in [5.41, 5.74) is 1.25. The first kappa shape index (κ1) is 14.5. The average molecular weight is 256 g/mol. The lowest BCUT2D eigenvalue weighted by atomic mass is 10.1. The van der Waals surface area contributed by atoms with Gasteiger partial charge in [-0.15, -0.1) is 0 Å². The van der Waals surface area contributed by atoms with E-state index in [1.54, 1.807) is 0 Å². The Morgan fingerprint density at radius 3 is 2.71 bits per heavy atom. The molecule has 0 spiro atoms. The van der Waals surface area contributed by atoms with Crippen molar-refractivity contribution < 1.29 is 4.74 Å². The smallest absolute Gasteiger partial charge is 0.0626 e. The minimum Gasteiger partial charge on any atom is -0.377 e. The molecule has 0 saturated carbocycles. The number of rotatable bonds is 7. The highest BCUT2D eigenvalue weighted by Gasteiger charge is 2.09. The quantitative estimate of drug-likeness (QED) is 0.807. The molecule has 0 aliphatic carbocycles. The Morgan fingerprint density at radius 2 is 2.12 bits per heavy atom. The summed E-state index contributed by atoms with van der Waals surface area (Å²) in [5, 5.41) is 4.23. The third-order valence-corrected chi connectivity index (χ3v) is 2.73. The predicted molar refractivity (Wildman–Crippen MR) is 73.7 cm³/mol. The number of halogens is 1. The summed E-state index contributed by atoms with van der Waals surface area (Å²) >= 11 is 5.98. The molecular weight excluding hydrogens is 234 g/mol. The SMILES string of the molecule is CCNC(COC(C)C)Cc1cccc(Cl)c1. The molecule has 0 radical (unpaired) electrons. The largest absolute Gasteiger partial charge is 0.377 e. The molecule has 0 fully saturated rings. The van der Waals surface area contributed by atoms with Crippen LogP contribution in [0.4, 0.5) is 0 Å². The molecule has 0 saturated heterocycles. The first-order valence-corrected chi connectivity index (χ1v) is 6.59. The van der Waals surface area contributed by atoms with Crippen molar-refractivity contribution in [3.05, 3.63) is 34.9 Å². The van der Waals surface area contributed by atoms with E-state index in [4.69, 9.17) is 16.3 Å². The zero-order valence-corrected chi connectivity index (χ0v) is 11.6. The zero-order valence-electron chi connectivity index (χ0n) is 10.9. The molecule has 1 aromatic carbocycles. The molecule has 0 aliphatic heterocycles. The molecule has 0 aliphatic rings. The first-order chi connectivity index (χ1) is 8.11. The molecule has 96 valence electrons. The van der Waals surface area contributed by atoms with Crippen molar-refractivity contribution in [1.82, 2.24) is 5.32 Å². The van der Waals surface area contributed by atoms with Crippen molar-refractivity contribution in [2.24, 2.45) is 0 Å². The van der Waals surface area contributed by atoms with Crippen molar-refractivity contribution in [3.8, 4) is 0 Å². The minimum atomic E-state index is 0.274. The average Bonchev–Trinajstić information content (AvgIpc) is 2.26. The molecule has 1 aromatic rings. The summed E-state index contributed by atoms with van der Waals surface area (Å²) in [6.45, 7) is 7.91. The molecule has 1 rings (SSSR count). The van der Waals surface area contributed by atoms with Crippen molar-refractivity contribution in [2.75, 3.05) is 13.2 Å². The molecule has 17 heavy (non-hydrogen) atoms. The summed E-state index contributed by atoms with van der Waals surface area (Å²) in [7, 11) is 0. The molecule has 0 bridgehead atoms. The van der Waals surface area contributed by atoms with E-state index in [0.29, 0.717) is 6.04 Å². The number of ether oxygens (including phenoxy) is 1. The summed E-state index contributed by atoms with van der Waals surface area (Å²) in [6, 6.07) is 8.36. The van der Waals surface area contributed by atoms with Crippen LogP contribution in [0.5, 0.6) is 0 Å². The van der Waals surface area contributed by atoms with Gasteiger partial charge in [0.1, 0.15) is 0 Å². The maximum Gasteiger partial charge on any atom is 0.0626 e. The second-order valence-corrected chi connectivity index (χ2v) is 4.91. The Morgan fingerprint density at radius 1 is 1.35 bits per heavy atom. The Labute approximate surface area is 109 Å². The van der Waals surface area contributed by atoms with Crippen LogP contribution >= 0.6 is 11.6 Å². The Kier molecular flexibility index (Phi) is 6.56. The monoisotopic (exact) mass is 255 g/mol. The van der Waals surface area contributed by atoms with Gasteiger partial charge in [-0.2, -0.15) is 0 Å². The lowest BCUT2D eigenvalue weighted by molar-refractivity contribution is 0.0616. The third-order valence-electron chi connectivity index (χ3n) is 2.49. The maximum absolute atomic E-state index is 5.98. The van der Waals surface area contributed by atoms with Crippen LogP contribution in [0.3, 0.4) is 0 Å². The third kappa shape index (κ3) is 6.06. The van der Waals surface area contributed by atoms with Crippen molar-refractivity contribution in [3.63, 3.8) is 0 Å². The summed E-state index contributed by atoms with van der Waals surface area (Å²) in [6.07, 6.45) is 1.22. The number of likely N-dealkylation sites (N-methyl/N-ethyl adjacent to an activating group) is 1. The topological polar surface area (TPSA) is 21.3 Å². The van der Waals surface area contributed by atoms with E-state index in [9.17, 15) is 0 Å². The summed E-state index contributed by atoms with van der Waals surface area (Å²) < 4.78 is 5.66. The van der Waals surface area contributed by atoms with Gasteiger partial charge in [-0.1, -0.05) is 30.7 Å². The fourth-order valence-electron chi connectivity index (χ4n) is 1.74. The van der Waals surface area contributed by atoms with Gasteiger partial charge < -0.3 is 10.1 Å². The van der Waals surface area contributed by atoms with Crippen LogP contribution in [-0.4, -0.2) is 25.3 Å². The second kappa shape index (κ2) is 7.70. The Bertz CT molecular complexity index is 328. The molecule has 1 N–H and O–H groups in total. The van der Waals surface area contributed by atoms with Crippen LogP contribution < -0.4 is 5.32 Å². The van der Waals surface area contributed by atoms with E-state index in [2.05, 4.69) is 32.2 Å². The summed E-state index contributed by atoms with van der Waals surface area (Å²) in [5.74, 6) is 0. The van der Waals surface area contributed by atoms with Crippen molar-refractivity contribution >= 4 is 11.6 Å². The van der Waals surface area contributed by atoms with E-state index in [1.165, 1.54) is 5.56 Å². The highest BCUT2D eigenvalue weighted by atomic mass is 35.5. The van der Waals surface area contributed by atoms with Gasteiger partial charge in [0.2, 0.25) is 0 Å². The van der Waals surface area contributed by atoms with Gasteiger partial charge in [-0.25, -0.2) is 0 Å². The first-order valence-electron chi connectivity index (χ1n) is 6.21. The van der Waals surface area contributed by atoms with E-state index < -0.39 is 0 Å². The molecule has 2 nitrogen and oxygen atoms in total. The van der Waals surface area contributed by atoms with E-state index in [1.807, 2.05) is 18.2 Å². The number of benzene rings is 1. The van der Waals surface area contributed by atoms with Crippen LogP contribution in [-0.2, 0) is 11.2 Å². The van der Waals surface area contributed by atoms with Crippen molar-refractivity contribution in [1.29, 1.82) is 0 Å². The molecular formula is C14H22ClNO. The molecule has 1 unspecified atom stereocenters. The Hall–Kier alpha value is -0.570. The number of hydrogen-bond donors (Lipinski definition) is 1. The van der Waals surface area contributed by atoms with Gasteiger partial charge >= 0.3 is 0 Å². The zero-order chi connectivity index (χ0) is 12.7. The Balaban J connectivity index is 2.53. The van der Waals surface area contributed by atoms with Crippen LogP contribution in [0.15, 0.2) is 24.3 Å². The maximum atomic E-state index is 5.98. The van der Waals surface area contributed by atoms with E-state index >= 15 is 0 Å². The van der Waals surface area contributed by atoms with Crippen LogP contribution in [0.25, 0.3) is 0 Å². The van der Waals surface area contributed by atoms with Gasteiger partial charge in [0.15, 0.2) is 0 Å². The molecule has 0 aromatic heterocycles. The fraction of sp³-hybridized carbons (Fsp3) is 0.571. The lowest BCUT2D eigenvalue weighted by Gasteiger charge is -2.19. The van der Waals surface area contributed by atoms with Crippen LogP contribution in [0.1, 0.15) is 26.3 Å². The normalized spacial score (nSPS) is 13.0. The molecule has 1 atom stereocenters. The van der Waals surface area contributed by atoms with Crippen molar-refractivity contribution in [2.45, 2.75) is 39.3 Å². The van der Waals surface area contributed by atoms with Gasteiger partial charge in [0.25, 0.3) is 0 Å². The van der Waals surface area contributed by atoms with Crippen LogP contribution in [0, 0.1) is 0 Å². The lowest BCUT2D eigenvalue weighted by Crippen LogP contribution is -2.36. The highest BCUT2D eigenvalue weighted by Crippen LogP contribution is 2.12. The van der Waals surface area contributed by atoms with Gasteiger partial charge in [-0.05, 0) is 44.5 Å². The molecule has 0 amide bonds. The second-order valence-electron chi connectivity index (χ2n) is 4.47. The number of nitrogens with one attached hydrogen (secondary N) is 1. The minimum absolute atomic E-state index is 0.274. The van der Waals surface area contributed by atoms with Gasteiger partial charge in [0, 0.05) is 11.1 Å². The molecule has 0 heterocycles. The van der Waals surface area contributed by atoms with E-state index in [0.717, 1.165) is 24.6 Å². The van der Waals surface area contributed by atoms with Gasteiger partial charge in [-0.3, -0.25) is 0 Å². The fourth-order valence-corrected chi connectivity index (χ4v) is 1.95. The standard InChI is InChI=1S/C14H22ClNO/c1-4-16-14(10-17-11(2)3)9-12-6-5-7-13(15)8-12/h5-8,11,14,16H,4,9-10H2,1-3H3. The summed E-state index contributed by atoms with van der Waals surface area (Å²) in [4.78, 5) is 0. The predicted octanol–water partition coefficient (Wildman–Crippen LogP) is 3.29. The van der Waals surface area contributed by atoms with Gasteiger partial charge in [0.05, 0.1) is 12.7 Å².